The van der Waals surface area contributed by atoms with Crippen LogP contribution in [0.1, 0.15) is 33.1 Å². The topological polar surface area (TPSA) is 67.6 Å². The maximum absolute atomic E-state index is 12.5. The zero-order chi connectivity index (χ0) is 15.3. The first-order chi connectivity index (χ1) is 10.1. The lowest BCUT2D eigenvalue weighted by Gasteiger charge is -2.34. The Morgan fingerprint density at radius 3 is 2.57 bits per heavy atom. The fourth-order valence-corrected chi connectivity index (χ4v) is 3.47. The average Bonchev–Trinajstić information content (AvgIpc) is 2.92. The fourth-order valence-electron chi connectivity index (χ4n) is 3.47. The van der Waals surface area contributed by atoms with E-state index in [-0.39, 0.29) is 30.7 Å². The van der Waals surface area contributed by atoms with Crippen molar-refractivity contribution in [2.45, 2.75) is 33.1 Å². The van der Waals surface area contributed by atoms with E-state index in [0.29, 0.717) is 31.6 Å². The van der Waals surface area contributed by atoms with E-state index in [4.69, 9.17) is 10.5 Å². The molecule has 0 radical (unpaired) electrons. The van der Waals surface area contributed by atoms with Crippen LogP contribution in [0.25, 0.3) is 0 Å². The third-order valence-electron chi connectivity index (χ3n) is 4.87. The molecule has 0 bridgehead atoms. The third-order valence-corrected chi connectivity index (χ3v) is 4.87. The Bertz CT molecular complexity index is 350. The molecule has 7 heteroatoms. The fraction of sp³-hybridized carbons (Fsp3) is 0.938. The molecule has 1 amide bonds. The van der Waals surface area contributed by atoms with Crippen molar-refractivity contribution in [1.82, 2.24) is 10.2 Å². The van der Waals surface area contributed by atoms with Gasteiger partial charge in [-0.3, -0.25) is 4.79 Å². The summed E-state index contributed by atoms with van der Waals surface area (Å²) >= 11 is 0. The van der Waals surface area contributed by atoms with Gasteiger partial charge in [0.15, 0.2) is 0 Å². The Morgan fingerprint density at radius 2 is 2.00 bits per heavy atom. The molecule has 0 aromatic heterocycles. The van der Waals surface area contributed by atoms with Gasteiger partial charge in [-0.05, 0) is 37.6 Å². The molecule has 0 spiro atoms. The van der Waals surface area contributed by atoms with Gasteiger partial charge in [0.2, 0.25) is 5.91 Å². The van der Waals surface area contributed by atoms with E-state index < -0.39 is 5.41 Å². The highest BCUT2D eigenvalue weighted by atomic mass is 35.5. The van der Waals surface area contributed by atoms with Crippen LogP contribution in [0.4, 0.5) is 0 Å². The van der Waals surface area contributed by atoms with Crippen LogP contribution in [0.15, 0.2) is 0 Å². The van der Waals surface area contributed by atoms with Crippen LogP contribution < -0.4 is 11.1 Å². The summed E-state index contributed by atoms with van der Waals surface area (Å²) in [6.45, 7) is 10.5. The largest absolute Gasteiger partial charge is 0.381 e. The highest BCUT2D eigenvalue weighted by Gasteiger charge is 2.39. The number of rotatable bonds is 6. The van der Waals surface area contributed by atoms with E-state index >= 15 is 0 Å². The summed E-state index contributed by atoms with van der Waals surface area (Å²) in [4.78, 5) is 15.0. The molecule has 0 aromatic carbocycles. The second-order valence-electron chi connectivity index (χ2n) is 7.11. The number of halogens is 2. The molecule has 1 unspecified atom stereocenters. The third kappa shape index (κ3) is 6.39. The van der Waals surface area contributed by atoms with Gasteiger partial charge in [0.25, 0.3) is 0 Å². The monoisotopic (exact) mass is 369 g/mol. The first-order valence-electron chi connectivity index (χ1n) is 8.34. The number of nitrogens with two attached hydrogens (primary N) is 1. The van der Waals surface area contributed by atoms with E-state index in [0.717, 1.165) is 39.0 Å². The van der Waals surface area contributed by atoms with Crippen molar-refractivity contribution in [3.63, 3.8) is 0 Å². The first-order valence-corrected chi connectivity index (χ1v) is 8.34. The standard InChI is InChI=1S/C16H31N3O2.2ClH/c1-13(2)10-19-6-3-14(11-19)9-18-15(20)16(12-17)4-7-21-8-5-16;;/h13-14H,3-12,17H2,1-2H3,(H,18,20);2*1H. The van der Waals surface area contributed by atoms with Gasteiger partial charge in [-0.1, -0.05) is 13.8 Å². The number of nitrogens with one attached hydrogen (secondary N) is 1. The highest BCUT2D eigenvalue weighted by Crippen LogP contribution is 2.29. The van der Waals surface area contributed by atoms with Crippen molar-refractivity contribution in [3.05, 3.63) is 0 Å². The van der Waals surface area contributed by atoms with Gasteiger partial charge in [-0.15, -0.1) is 24.8 Å². The number of hydrogen-bond acceptors (Lipinski definition) is 4. The van der Waals surface area contributed by atoms with Crippen LogP contribution in [0.5, 0.6) is 0 Å². The lowest BCUT2D eigenvalue weighted by Crippen LogP contribution is -2.50. The minimum atomic E-state index is -0.394. The van der Waals surface area contributed by atoms with E-state index in [1.165, 1.54) is 6.42 Å². The van der Waals surface area contributed by atoms with Crippen molar-refractivity contribution in [3.8, 4) is 0 Å². The van der Waals surface area contributed by atoms with Crippen molar-refractivity contribution >= 4 is 30.7 Å². The zero-order valence-corrected chi connectivity index (χ0v) is 16.0. The smallest absolute Gasteiger partial charge is 0.227 e. The van der Waals surface area contributed by atoms with Crippen molar-refractivity contribution in [2.24, 2.45) is 23.0 Å². The van der Waals surface area contributed by atoms with Gasteiger partial charge in [0.1, 0.15) is 0 Å². The minimum absolute atomic E-state index is 0. The normalized spacial score (nSPS) is 23.9. The van der Waals surface area contributed by atoms with Crippen molar-refractivity contribution < 1.29 is 9.53 Å². The van der Waals surface area contributed by atoms with Gasteiger partial charge in [0, 0.05) is 39.4 Å². The number of hydrogen-bond donors (Lipinski definition) is 2. The van der Waals surface area contributed by atoms with Gasteiger partial charge in [-0.2, -0.15) is 0 Å². The van der Waals surface area contributed by atoms with E-state index in [9.17, 15) is 4.79 Å². The molecular weight excluding hydrogens is 337 g/mol. The summed E-state index contributed by atoms with van der Waals surface area (Å²) in [5, 5.41) is 3.16. The van der Waals surface area contributed by atoms with Crippen LogP contribution in [0.2, 0.25) is 0 Å². The molecule has 0 aliphatic carbocycles. The van der Waals surface area contributed by atoms with Crippen molar-refractivity contribution in [2.75, 3.05) is 45.9 Å². The van der Waals surface area contributed by atoms with Gasteiger partial charge in [-0.25, -0.2) is 0 Å². The number of carbonyl (C=O) groups excluding carboxylic acids is 1. The maximum Gasteiger partial charge on any atom is 0.227 e. The highest BCUT2D eigenvalue weighted by molar-refractivity contribution is 5.85. The number of likely N-dealkylation sites (tertiary alicyclic amines) is 1. The van der Waals surface area contributed by atoms with Crippen LogP contribution >= 0.6 is 24.8 Å². The molecule has 138 valence electrons. The second kappa shape index (κ2) is 10.7. The number of nitrogens with zero attached hydrogens (tertiary/aromatic N) is 1. The Labute approximate surface area is 152 Å². The van der Waals surface area contributed by atoms with E-state index in [1.807, 2.05) is 0 Å². The Balaban J connectivity index is 0.00000242. The van der Waals surface area contributed by atoms with Crippen molar-refractivity contribution in [1.29, 1.82) is 0 Å². The van der Waals surface area contributed by atoms with Crippen LogP contribution in [-0.4, -0.2) is 56.7 Å². The second-order valence-corrected chi connectivity index (χ2v) is 7.11. The Hall–Kier alpha value is -0.0700. The molecule has 0 saturated carbocycles. The van der Waals surface area contributed by atoms with E-state index in [2.05, 4.69) is 24.1 Å². The van der Waals surface area contributed by atoms with Crippen LogP contribution in [0.3, 0.4) is 0 Å². The van der Waals surface area contributed by atoms with Crippen LogP contribution in [0, 0.1) is 17.3 Å². The predicted molar refractivity (Wildman–Crippen MR) is 98.4 cm³/mol. The molecule has 2 fully saturated rings. The molecule has 3 N–H and O–H groups in total. The summed E-state index contributed by atoms with van der Waals surface area (Å²) < 4.78 is 5.36. The zero-order valence-electron chi connectivity index (χ0n) is 14.4. The lowest BCUT2D eigenvalue weighted by molar-refractivity contribution is -0.136. The summed E-state index contributed by atoms with van der Waals surface area (Å²) in [5.41, 5.74) is 5.48. The molecular formula is C16H33Cl2N3O2. The lowest BCUT2D eigenvalue weighted by atomic mass is 9.79. The average molecular weight is 370 g/mol. The number of carbonyl (C=O) groups is 1. The Kier molecular flexibility index (Phi) is 10.7. The quantitative estimate of drug-likeness (QED) is 0.747. The molecule has 2 aliphatic rings. The molecule has 23 heavy (non-hydrogen) atoms. The number of amides is 1. The minimum Gasteiger partial charge on any atom is -0.381 e. The molecule has 2 saturated heterocycles. The van der Waals surface area contributed by atoms with Gasteiger partial charge >= 0.3 is 0 Å². The predicted octanol–water partition coefficient (Wildman–Crippen LogP) is 1.68. The molecule has 2 aliphatic heterocycles. The maximum atomic E-state index is 12.5. The molecule has 1 atom stereocenters. The molecule has 0 aromatic rings. The van der Waals surface area contributed by atoms with Gasteiger partial charge in [0.05, 0.1) is 5.41 Å². The summed E-state index contributed by atoms with van der Waals surface area (Å²) in [6, 6.07) is 0. The molecule has 5 nitrogen and oxygen atoms in total. The first kappa shape index (κ1) is 22.9. The van der Waals surface area contributed by atoms with Gasteiger partial charge < -0.3 is 20.7 Å². The summed E-state index contributed by atoms with van der Waals surface area (Å²) in [6.07, 6.45) is 2.69. The van der Waals surface area contributed by atoms with Crippen LogP contribution in [-0.2, 0) is 9.53 Å². The number of ether oxygens (including phenoxy) is 1. The Morgan fingerprint density at radius 1 is 1.35 bits per heavy atom. The SMILES string of the molecule is CC(C)CN1CCC(CNC(=O)C2(CN)CCOCC2)C1.Cl.Cl. The molecule has 2 heterocycles. The summed E-state index contributed by atoms with van der Waals surface area (Å²) in [5.74, 6) is 1.43. The summed E-state index contributed by atoms with van der Waals surface area (Å²) in [7, 11) is 0. The molecule has 2 rings (SSSR count). The van der Waals surface area contributed by atoms with E-state index in [1.54, 1.807) is 0 Å².